The van der Waals surface area contributed by atoms with E-state index in [1.807, 2.05) is 24.3 Å². The van der Waals surface area contributed by atoms with Gasteiger partial charge in [0.2, 0.25) is 0 Å². The largest absolute Gasteiger partial charge is 0.398 e. The standard InChI is InChI=1S/C14H14N2OS/c1-2-18-11-5-3-10(4-6-11)14(17)12-9-16-8-7-13(12)15/h3-9H,2H2,1H3,(H2,15,16). The van der Waals surface area contributed by atoms with Gasteiger partial charge in [-0.2, -0.15) is 0 Å². The smallest absolute Gasteiger partial charge is 0.196 e. The van der Waals surface area contributed by atoms with E-state index in [4.69, 9.17) is 5.73 Å². The van der Waals surface area contributed by atoms with Crippen molar-refractivity contribution < 1.29 is 4.79 Å². The van der Waals surface area contributed by atoms with Gasteiger partial charge in [0, 0.05) is 28.5 Å². The van der Waals surface area contributed by atoms with Gasteiger partial charge in [-0.1, -0.05) is 6.92 Å². The van der Waals surface area contributed by atoms with Gasteiger partial charge in [-0.3, -0.25) is 9.78 Å². The third kappa shape index (κ3) is 2.71. The molecule has 0 unspecified atom stereocenters. The van der Waals surface area contributed by atoms with Gasteiger partial charge in [-0.25, -0.2) is 0 Å². The SMILES string of the molecule is CCSc1ccc(C(=O)c2cnccc2N)cc1. The third-order valence-electron chi connectivity index (χ3n) is 2.53. The molecule has 0 fully saturated rings. The zero-order valence-corrected chi connectivity index (χ0v) is 10.9. The molecule has 0 aliphatic rings. The molecule has 0 saturated carbocycles. The average molecular weight is 258 g/mol. The number of rotatable bonds is 4. The first-order valence-corrected chi connectivity index (χ1v) is 6.68. The zero-order chi connectivity index (χ0) is 13.0. The highest BCUT2D eigenvalue weighted by Crippen LogP contribution is 2.20. The van der Waals surface area contributed by atoms with Crippen LogP contribution in [-0.4, -0.2) is 16.5 Å². The lowest BCUT2D eigenvalue weighted by Gasteiger charge is -2.05. The fourth-order valence-electron chi connectivity index (χ4n) is 1.62. The van der Waals surface area contributed by atoms with E-state index in [0.29, 0.717) is 16.8 Å². The maximum absolute atomic E-state index is 12.2. The second-order valence-corrected chi connectivity index (χ2v) is 5.09. The van der Waals surface area contributed by atoms with E-state index in [1.165, 1.54) is 6.20 Å². The van der Waals surface area contributed by atoms with Crippen LogP contribution in [0.1, 0.15) is 22.8 Å². The number of nitrogen functional groups attached to an aromatic ring is 1. The molecule has 92 valence electrons. The van der Waals surface area contributed by atoms with Crippen LogP contribution in [0, 0.1) is 0 Å². The molecule has 0 radical (unpaired) electrons. The quantitative estimate of drug-likeness (QED) is 0.676. The van der Waals surface area contributed by atoms with Crippen LogP contribution in [0.3, 0.4) is 0 Å². The first-order chi connectivity index (χ1) is 8.72. The van der Waals surface area contributed by atoms with Gasteiger partial charge in [-0.05, 0) is 36.1 Å². The number of nitrogens with two attached hydrogens (primary N) is 1. The highest BCUT2D eigenvalue weighted by Gasteiger charge is 2.12. The normalized spacial score (nSPS) is 10.3. The number of thioether (sulfide) groups is 1. The van der Waals surface area contributed by atoms with Gasteiger partial charge in [0.25, 0.3) is 0 Å². The molecule has 1 aromatic carbocycles. The molecule has 1 aromatic heterocycles. The molecule has 0 aliphatic heterocycles. The van der Waals surface area contributed by atoms with E-state index in [2.05, 4.69) is 11.9 Å². The summed E-state index contributed by atoms with van der Waals surface area (Å²) in [5.74, 6) is 0.927. The second-order valence-electron chi connectivity index (χ2n) is 3.75. The molecule has 1 heterocycles. The van der Waals surface area contributed by atoms with Crippen LogP contribution in [0.4, 0.5) is 5.69 Å². The number of hydrogen-bond acceptors (Lipinski definition) is 4. The minimum Gasteiger partial charge on any atom is -0.398 e. The van der Waals surface area contributed by atoms with Crippen molar-refractivity contribution in [2.45, 2.75) is 11.8 Å². The van der Waals surface area contributed by atoms with Crippen LogP contribution in [-0.2, 0) is 0 Å². The molecular weight excluding hydrogens is 244 g/mol. The number of carbonyl (C=O) groups is 1. The lowest BCUT2D eigenvalue weighted by molar-refractivity contribution is 0.103. The molecule has 2 aromatic rings. The summed E-state index contributed by atoms with van der Waals surface area (Å²) < 4.78 is 0. The first kappa shape index (κ1) is 12.6. The maximum Gasteiger partial charge on any atom is 0.196 e. The Morgan fingerprint density at radius 2 is 2.00 bits per heavy atom. The van der Waals surface area contributed by atoms with Crippen molar-refractivity contribution in [3.8, 4) is 0 Å². The monoisotopic (exact) mass is 258 g/mol. The van der Waals surface area contributed by atoms with Crippen molar-refractivity contribution in [1.82, 2.24) is 4.98 Å². The van der Waals surface area contributed by atoms with Crippen molar-refractivity contribution in [3.05, 3.63) is 53.9 Å². The van der Waals surface area contributed by atoms with Gasteiger partial charge in [0.05, 0.1) is 5.56 Å². The Labute approximate surface area is 110 Å². The van der Waals surface area contributed by atoms with Crippen molar-refractivity contribution >= 4 is 23.2 Å². The summed E-state index contributed by atoms with van der Waals surface area (Å²) in [5.41, 5.74) is 7.32. The van der Waals surface area contributed by atoms with Crippen LogP contribution in [0.5, 0.6) is 0 Å². The van der Waals surface area contributed by atoms with E-state index >= 15 is 0 Å². The Balaban J connectivity index is 2.27. The average Bonchev–Trinajstić information content (AvgIpc) is 2.40. The molecule has 0 aliphatic carbocycles. The number of hydrogen-bond donors (Lipinski definition) is 1. The summed E-state index contributed by atoms with van der Waals surface area (Å²) in [6.45, 7) is 2.10. The zero-order valence-electron chi connectivity index (χ0n) is 10.1. The number of benzene rings is 1. The molecule has 0 spiro atoms. The minimum atomic E-state index is -0.0892. The van der Waals surface area contributed by atoms with Crippen LogP contribution < -0.4 is 5.73 Å². The highest BCUT2D eigenvalue weighted by molar-refractivity contribution is 7.99. The van der Waals surface area contributed by atoms with Crippen LogP contribution in [0.15, 0.2) is 47.6 Å². The van der Waals surface area contributed by atoms with E-state index in [0.717, 1.165) is 10.6 Å². The van der Waals surface area contributed by atoms with Gasteiger partial charge in [-0.15, -0.1) is 11.8 Å². The number of nitrogens with zero attached hydrogens (tertiary/aromatic N) is 1. The first-order valence-electron chi connectivity index (χ1n) is 5.69. The van der Waals surface area contributed by atoms with Gasteiger partial charge in [0.1, 0.15) is 0 Å². The van der Waals surface area contributed by atoms with Crippen molar-refractivity contribution in [2.75, 3.05) is 11.5 Å². The molecular formula is C14H14N2OS. The summed E-state index contributed by atoms with van der Waals surface area (Å²) >= 11 is 1.75. The van der Waals surface area contributed by atoms with E-state index in [1.54, 1.807) is 24.0 Å². The predicted molar refractivity (Wildman–Crippen MR) is 74.9 cm³/mol. The van der Waals surface area contributed by atoms with Crippen molar-refractivity contribution in [2.24, 2.45) is 0 Å². The number of aromatic nitrogens is 1. The molecule has 18 heavy (non-hydrogen) atoms. The number of anilines is 1. The summed E-state index contributed by atoms with van der Waals surface area (Å²) in [7, 11) is 0. The third-order valence-corrected chi connectivity index (χ3v) is 3.42. The van der Waals surface area contributed by atoms with E-state index < -0.39 is 0 Å². The lowest BCUT2D eigenvalue weighted by Crippen LogP contribution is -2.05. The summed E-state index contributed by atoms with van der Waals surface area (Å²) in [6, 6.07) is 9.19. The Hall–Kier alpha value is -1.81. The van der Waals surface area contributed by atoms with Gasteiger partial charge < -0.3 is 5.73 Å². The van der Waals surface area contributed by atoms with Crippen molar-refractivity contribution in [1.29, 1.82) is 0 Å². The summed E-state index contributed by atoms with van der Waals surface area (Å²) in [6.07, 6.45) is 3.08. The Morgan fingerprint density at radius 1 is 1.28 bits per heavy atom. The molecule has 2 N–H and O–H groups in total. The second kappa shape index (κ2) is 5.69. The number of pyridine rings is 1. The van der Waals surface area contributed by atoms with Crippen LogP contribution >= 0.6 is 11.8 Å². The Kier molecular flexibility index (Phi) is 3.99. The summed E-state index contributed by atoms with van der Waals surface area (Å²) in [4.78, 5) is 17.3. The maximum atomic E-state index is 12.2. The number of ketones is 1. The van der Waals surface area contributed by atoms with Gasteiger partial charge >= 0.3 is 0 Å². The van der Waals surface area contributed by atoms with Gasteiger partial charge in [0.15, 0.2) is 5.78 Å². The number of carbonyl (C=O) groups excluding carboxylic acids is 1. The van der Waals surface area contributed by atoms with E-state index in [-0.39, 0.29) is 5.78 Å². The molecule has 0 saturated heterocycles. The Bertz CT molecular complexity index is 552. The highest BCUT2D eigenvalue weighted by atomic mass is 32.2. The molecule has 0 atom stereocenters. The minimum absolute atomic E-state index is 0.0892. The van der Waals surface area contributed by atoms with E-state index in [9.17, 15) is 4.79 Å². The van der Waals surface area contributed by atoms with Crippen LogP contribution in [0.25, 0.3) is 0 Å². The summed E-state index contributed by atoms with van der Waals surface area (Å²) in [5, 5.41) is 0. The topological polar surface area (TPSA) is 56.0 Å². The lowest BCUT2D eigenvalue weighted by atomic mass is 10.0. The van der Waals surface area contributed by atoms with Crippen LogP contribution in [0.2, 0.25) is 0 Å². The Morgan fingerprint density at radius 3 is 2.61 bits per heavy atom. The van der Waals surface area contributed by atoms with Crippen molar-refractivity contribution in [3.63, 3.8) is 0 Å². The molecule has 0 bridgehead atoms. The molecule has 2 rings (SSSR count). The fourth-order valence-corrected chi connectivity index (χ4v) is 2.28. The molecule has 4 heteroatoms. The fraction of sp³-hybridized carbons (Fsp3) is 0.143. The molecule has 3 nitrogen and oxygen atoms in total. The predicted octanol–water partition coefficient (Wildman–Crippen LogP) is 3.01. The molecule has 0 amide bonds.